The normalized spacial score (nSPS) is 18.7. The zero-order chi connectivity index (χ0) is 14.1. The van der Waals surface area contributed by atoms with Gasteiger partial charge in [0, 0.05) is 6.42 Å². The Labute approximate surface area is 120 Å². The minimum absolute atomic E-state index is 0.0392. The summed E-state index contributed by atoms with van der Waals surface area (Å²) in [5, 5.41) is 0. The molecule has 0 fully saturated rings. The number of hydrogen-bond donors (Lipinski definition) is 1. The van der Waals surface area contributed by atoms with E-state index in [4.69, 9.17) is 10.5 Å². The van der Waals surface area contributed by atoms with Crippen molar-refractivity contribution >= 4 is 0 Å². The summed E-state index contributed by atoms with van der Waals surface area (Å²) >= 11 is 0. The smallest absolute Gasteiger partial charge is 0.123 e. The molecule has 0 radical (unpaired) electrons. The molecule has 20 heavy (non-hydrogen) atoms. The lowest BCUT2D eigenvalue weighted by Gasteiger charge is -2.20. The molecule has 2 heteroatoms. The lowest BCUT2D eigenvalue weighted by molar-refractivity contribution is 0.200. The minimum Gasteiger partial charge on any atom is -0.488 e. The van der Waals surface area contributed by atoms with E-state index in [1.807, 2.05) is 18.2 Å². The molecule has 3 rings (SSSR count). The van der Waals surface area contributed by atoms with Gasteiger partial charge in [-0.25, -0.2) is 0 Å². The number of benzene rings is 2. The minimum atomic E-state index is -0.0800. The van der Waals surface area contributed by atoms with Gasteiger partial charge in [-0.05, 0) is 28.7 Å². The number of hydrogen-bond acceptors (Lipinski definition) is 2. The predicted molar refractivity (Wildman–Crippen MR) is 82.0 cm³/mol. The highest BCUT2D eigenvalue weighted by molar-refractivity contribution is 5.38. The van der Waals surface area contributed by atoms with E-state index in [1.165, 1.54) is 11.1 Å². The van der Waals surface area contributed by atoms with E-state index in [9.17, 15) is 0 Å². The van der Waals surface area contributed by atoms with Crippen LogP contribution in [0.25, 0.3) is 0 Å². The van der Waals surface area contributed by atoms with Gasteiger partial charge in [-0.15, -0.1) is 0 Å². The van der Waals surface area contributed by atoms with E-state index in [-0.39, 0.29) is 12.1 Å². The largest absolute Gasteiger partial charge is 0.488 e. The standard InChI is InChI=1S/C18H21NO/c1-12(2)13-7-9-14(10-8-13)18(19)17-11-15-5-3-4-6-16(15)20-17/h3-10,12,17-18H,11,19H2,1-2H3. The van der Waals surface area contributed by atoms with E-state index >= 15 is 0 Å². The summed E-state index contributed by atoms with van der Waals surface area (Å²) in [6.45, 7) is 4.40. The SMILES string of the molecule is CC(C)c1ccc(C(N)C2Cc3ccccc3O2)cc1. The van der Waals surface area contributed by atoms with Crippen molar-refractivity contribution in [1.82, 2.24) is 0 Å². The van der Waals surface area contributed by atoms with Gasteiger partial charge in [-0.2, -0.15) is 0 Å². The molecule has 1 aliphatic heterocycles. The highest BCUT2D eigenvalue weighted by Gasteiger charge is 2.28. The molecule has 0 saturated heterocycles. The van der Waals surface area contributed by atoms with Gasteiger partial charge in [-0.1, -0.05) is 56.3 Å². The summed E-state index contributed by atoms with van der Waals surface area (Å²) in [6, 6.07) is 16.7. The van der Waals surface area contributed by atoms with Crippen molar-refractivity contribution in [3.63, 3.8) is 0 Å². The van der Waals surface area contributed by atoms with Crippen molar-refractivity contribution in [2.45, 2.75) is 38.3 Å². The van der Waals surface area contributed by atoms with Crippen LogP contribution in [0, 0.1) is 0 Å². The van der Waals surface area contributed by atoms with Crippen LogP contribution in [0.1, 0.15) is 42.5 Å². The second kappa shape index (κ2) is 5.29. The van der Waals surface area contributed by atoms with Crippen LogP contribution in [0.5, 0.6) is 5.75 Å². The van der Waals surface area contributed by atoms with Crippen LogP contribution in [0.3, 0.4) is 0 Å². The molecule has 0 spiro atoms. The zero-order valence-corrected chi connectivity index (χ0v) is 12.0. The molecular weight excluding hydrogens is 246 g/mol. The Balaban J connectivity index is 1.76. The fourth-order valence-corrected chi connectivity index (χ4v) is 2.73. The Morgan fingerprint density at radius 3 is 2.30 bits per heavy atom. The first-order valence-electron chi connectivity index (χ1n) is 7.25. The molecule has 0 aromatic heterocycles. The highest BCUT2D eigenvalue weighted by Crippen LogP contribution is 2.33. The molecule has 2 aromatic carbocycles. The molecule has 1 aliphatic rings. The first-order chi connectivity index (χ1) is 9.65. The maximum atomic E-state index is 6.38. The molecule has 0 saturated carbocycles. The maximum Gasteiger partial charge on any atom is 0.123 e. The van der Waals surface area contributed by atoms with Crippen molar-refractivity contribution in [3.8, 4) is 5.75 Å². The predicted octanol–water partition coefficient (Wildman–Crippen LogP) is 3.81. The van der Waals surface area contributed by atoms with Crippen molar-refractivity contribution in [3.05, 3.63) is 65.2 Å². The summed E-state index contributed by atoms with van der Waals surface area (Å²) in [4.78, 5) is 0. The Morgan fingerprint density at radius 1 is 1.00 bits per heavy atom. The molecule has 2 unspecified atom stereocenters. The van der Waals surface area contributed by atoms with Gasteiger partial charge in [0.1, 0.15) is 11.9 Å². The molecule has 2 aromatic rings. The molecular formula is C18H21NO. The Hall–Kier alpha value is -1.80. The number of para-hydroxylation sites is 1. The van der Waals surface area contributed by atoms with Crippen LogP contribution in [-0.2, 0) is 6.42 Å². The summed E-state index contributed by atoms with van der Waals surface area (Å²) in [6.07, 6.45) is 0.931. The number of nitrogens with two attached hydrogens (primary N) is 1. The molecule has 104 valence electrons. The second-order valence-corrected chi connectivity index (χ2v) is 5.82. The third-order valence-corrected chi connectivity index (χ3v) is 4.06. The Bertz CT molecular complexity index is 564. The second-order valence-electron chi connectivity index (χ2n) is 5.82. The molecule has 0 bridgehead atoms. The van der Waals surface area contributed by atoms with Gasteiger partial charge in [0.2, 0.25) is 0 Å². The lowest BCUT2D eigenvalue weighted by Crippen LogP contribution is -2.29. The van der Waals surface area contributed by atoms with Gasteiger partial charge in [-0.3, -0.25) is 0 Å². The average Bonchev–Trinajstić information content (AvgIpc) is 2.90. The van der Waals surface area contributed by atoms with Gasteiger partial charge in [0.25, 0.3) is 0 Å². The molecule has 1 heterocycles. The van der Waals surface area contributed by atoms with Gasteiger partial charge < -0.3 is 10.5 Å². The molecule has 0 aliphatic carbocycles. The van der Waals surface area contributed by atoms with E-state index in [1.54, 1.807) is 0 Å². The van der Waals surface area contributed by atoms with Crippen LogP contribution >= 0.6 is 0 Å². The molecule has 2 atom stereocenters. The molecule has 0 amide bonds. The third-order valence-electron chi connectivity index (χ3n) is 4.06. The Morgan fingerprint density at radius 2 is 1.65 bits per heavy atom. The van der Waals surface area contributed by atoms with E-state index < -0.39 is 0 Å². The van der Waals surface area contributed by atoms with Crippen molar-refractivity contribution < 1.29 is 4.74 Å². The van der Waals surface area contributed by atoms with E-state index in [0.717, 1.165) is 17.7 Å². The quantitative estimate of drug-likeness (QED) is 0.917. The molecule has 2 N–H and O–H groups in total. The van der Waals surface area contributed by atoms with Crippen LogP contribution in [0.15, 0.2) is 48.5 Å². The van der Waals surface area contributed by atoms with Crippen molar-refractivity contribution in [2.24, 2.45) is 5.73 Å². The van der Waals surface area contributed by atoms with Crippen LogP contribution < -0.4 is 10.5 Å². The molecule has 2 nitrogen and oxygen atoms in total. The lowest BCUT2D eigenvalue weighted by atomic mass is 9.95. The van der Waals surface area contributed by atoms with E-state index in [0.29, 0.717) is 5.92 Å². The fourth-order valence-electron chi connectivity index (χ4n) is 2.73. The van der Waals surface area contributed by atoms with E-state index in [2.05, 4.69) is 44.2 Å². The number of fused-ring (bicyclic) bond motifs is 1. The summed E-state index contributed by atoms with van der Waals surface area (Å²) in [5.74, 6) is 1.53. The van der Waals surface area contributed by atoms with Crippen molar-refractivity contribution in [2.75, 3.05) is 0 Å². The number of rotatable bonds is 3. The summed E-state index contributed by atoms with van der Waals surface area (Å²) in [5.41, 5.74) is 10.1. The van der Waals surface area contributed by atoms with Gasteiger partial charge in [0.15, 0.2) is 0 Å². The fraction of sp³-hybridized carbons (Fsp3) is 0.333. The summed E-state index contributed by atoms with van der Waals surface area (Å²) < 4.78 is 5.98. The maximum absolute atomic E-state index is 6.38. The average molecular weight is 267 g/mol. The first kappa shape index (κ1) is 13.2. The van der Waals surface area contributed by atoms with Gasteiger partial charge >= 0.3 is 0 Å². The highest BCUT2D eigenvalue weighted by atomic mass is 16.5. The van der Waals surface area contributed by atoms with Crippen molar-refractivity contribution in [1.29, 1.82) is 0 Å². The monoisotopic (exact) mass is 267 g/mol. The summed E-state index contributed by atoms with van der Waals surface area (Å²) in [7, 11) is 0. The number of ether oxygens (including phenoxy) is 1. The van der Waals surface area contributed by atoms with Gasteiger partial charge in [0.05, 0.1) is 6.04 Å². The van der Waals surface area contributed by atoms with Crippen LogP contribution in [-0.4, -0.2) is 6.10 Å². The van der Waals surface area contributed by atoms with Crippen LogP contribution in [0.4, 0.5) is 0 Å². The Kier molecular flexibility index (Phi) is 3.49. The zero-order valence-electron chi connectivity index (χ0n) is 12.0. The van der Waals surface area contributed by atoms with Crippen LogP contribution in [0.2, 0.25) is 0 Å². The first-order valence-corrected chi connectivity index (χ1v) is 7.25. The topological polar surface area (TPSA) is 35.2 Å². The third kappa shape index (κ3) is 2.44.